The van der Waals surface area contributed by atoms with E-state index < -0.39 is 10.8 Å². The minimum absolute atomic E-state index is 0.156. The lowest BCUT2D eigenvalue weighted by Gasteiger charge is -2.30. The molecule has 34 heavy (non-hydrogen) atoms. The zero-order chi connectivity index (χ0) is 23.7. The van der Waals surface area contributed by atoms with E-state index in [0.29, 0.717) is 42.7 Å². The molecule has 0 atom stereocenters. The Balaban J connectivity index is 1.48. The zero-order valence-electron chi connectivity index (χ0n) is 17.9. The van der Waals surface area contributed by atoms with E-state index in [2.05, 4.69) is 10.3 Å². The number of ether oxygens (including phenoxy) is 1. The van der Waals surface area contributed by atoms with Gasteiger partial charge < -0.3 is 15.0 Å². The Kier molecular flexibility index (Phi) is 6.14. The number of nitrogens with one attached hydrogen (secondary N) is 1. The molecule has 5 rings (SSSR count). The molecular weight excluding hydrogens is 476 g/mol. The van der Waals surface area contributed by atoms with Gasteiger partial charge in [0, 0.05) is 30.8 Å². The number of fused-ring (bicyclic) bond motifs is 1. The summed E-state index contributed by atoms with van der Waals surface area (Å²) in [5.41, 5.74) is 2.78. The van der Waals surface area contributed by atoms with Crippen LogP contribution >= 0.6 is 22.9 Å². The summed E-state index contributed by atoms with van der Waals surface area (Å²) < 4.78 is 6.46. The third kappa shape index (κ3) is 4.45. The van der Waals surface area contributed by atoms with Crippen LogP contribution in [0.4, 0.5) is 17.1 Å². The first-order valence-corrected chi connectivity index (χ1v) is 11.8. The average Bonchev–Trinajstić information content (AvgIpc) is 3.30. The highest BCUT2D eigenvalue weighted by Gasteiger charge is 2.23. The lowest BCUT2D eigenvalue weighted by molar-refractivity contribution is -0.384. The second-order valence-electron chi connectivity index (χ2n) is 7.69. The summed E-state index contributed by atoms with van der Waals surface area (Å²) in [6.45, 7) is 2.22. The van der Waals surface area contributed by atoms with Gasteiger partial charge in [-0.3, -0.25) is 14.9 Å². The predicted molar refractivity (Wildman–Crippen MR) is 134 cm³/mol. The topological polar surface area (TPSA) is 97.6 Å². The third-order valence-electron chi connectivity index (χ3n) is 5.54. The molecule has 2 heterocycles. The van der Waals surface area contributed by atoms with Crippen molar-refractivity contribution in [2.24, 2.45) is 0 Å². The van der Waals surface area contributed by atoms with Crippen LogP contribution in [-0.2, 0) is 4.74 Å². The molecule has 1 aliphatic heterocycles. The molecular formula is C24H19ClN4O4S. The third-order valence-corrected chi connectivity index (χ3v) is 6.96. The number of hydrogen-bond acceptors (Lipinski definition) is 7. The van der Waals surface area contributed by atoms with Gasteiger partial charge in [-0.1, -0.05) is 29.8 Å². The summed E-state index contributed by atoms with van der Waals surface area (Å²) in [5.74, 6) is -0.478. The normalized spacial score (nSPS) is 13.7. The molecule has 1 aliphatic rings. The molecule has 0 radical (unpaired) electrons. The number of aromatic nitrogens is 1. The number of rotatable bonds is 5. The Morgan fingerprint density at radius 1 is 1.12 bits per heavy atom. The fourth-order valence-electron chi connectivity index (χ4n) is 3.84. The molecule has 0 unspecified atom stereocenters. The van der Waals surface area contributed by atoms with Gasteiger partial charge in [-0.25, -0.2) is 4.98 Å². The van der Waals surface area contributed by atoms with E-state index in [-0.39, 0.29) is 11.3 Å². The van der Waals surface area contributed by atoms with Crippen LogP contribution in [-0.4, -0.2) is 42.1 Å². The first-order chi connectivity index (χ1) is 16.5. The molecule has 0 aliphatic carbocycles. The Morgan fingerprint density at radius 3 is 2.68 bits per heavy atom. The first kappa shape index (κ1) is 22.3. The number of nitro benzene ring substituents is 1. The molecule has 1 amide bonds. The number of hydrogen-bond donors (Lipinski definition) is 1. The van der Waals surface area contributed by atoms with E-state index in [0.717, 1.165) is 20.8 Å². The Bertz CT molecular complexity index is 1370. The van der Waals surface area contributed by atoms with Gasteiger partial charge in [-0.2, -0.15) is 0 Å². The Morgan fingerprint density at radius 2 is 1.91 bits per heavy atom. The van der Waals surface area contributed by atoms with Crippen LogP contribution < -0.4 is 10.2 Å². The quantitative estimate of drug-likeness (QED) is 0.286. The van der Waals surface area contributed by atoms with Crippen LogP contribution in [0.3, 0.4) is 0 Å². The highest BCUT2D eigenvalue weighted by Crippen LogP contribution is 2.35. The van der Waals surface area contributed by atoms with Gasteiger partial charge in [0.25, 0.3) is 11.6 Å². The van der Waals surface area contributed by atoms with Crippen molar-refractivity contribution in [3.05, 3.63) is 81.4 Å². The summed E-state index contributed by atoms with van der Waals surface area (Å²) in [7, 11) is 0. The van der Waals surface area contributed by atoms with Crippen LogP contribution in [0, 0.1) is 10.1 Å². The molecule has 1 aromatic heterocycles. The number of carbonyl (C=O) groups excluding carboxylic acids is 1. The fraction of sp³-hybridized carbons (Fsp3) is 0.167. The molecule has 1 saturated heterocycles. The van der Waals surface area contributed by atoms with Gasteiger partial charge >= 0.3 is 0 Å². The molecule has 172 valence electrons. The maximum absolute atomic E-state index is 13.3. The van der Waals surface area contributed by atoms with Gasteiger partial charge in [0.2, 0.25) is 0 Å². The average molecular weight is 495 g/mol. The van der Waals surface area contributed by atoms with E-state index in [1.165, 1.54) is 12.1 Å². The van der Waals surface area contributed by atoms with E-state index in [9.17, 15) is 14.9 Å². The minimum atomic E-state index is -0.513. The second-order valence-corrected chi connectivity index (χ2v) is 9.13. The van der Waals surface area contributed by atoms with E-state index in [4.69, 9.17) is 16.3 Å². The highest BCUT2D eigenvalue weighted by atomic mass is 35.5. The highest BCUT2D eigenvalue weighted by molar-refractivity contribution is 7.21. The number of benzene rings is 3. The number of carbonyl (C=O) groups is 1. The standard InChI is InChI=1S/C24H19ClN4O4S/c25-18-7-5-15(24-27-19-3-1-2-4-22(19)34-24)13-20(18)26-23(30)17-14-16(29(31)32)6-8-21(17)28-9-11-33-12-10-28/h1-8,13-14H,9-12H2,(H,26,30). The van der Waals surface area contributed by atoms with Gasteiger partial charge in [0.15, 0.2) is 0 Å². The van der Waals surface area contributed by atoms with Gasteiger partial charge in [-0.05, 0) is 30.3 Å². The van der Waals surface area contributed by atoms with Crippen LogP contribution in [0.25, 0.3) is 20.8 Å². The number of halogens is 1. The van der Waals surface area contributed by atoms with Crippen LogP contribution in [0.15, 0.2) is 60.7 Å². The SMILES string of the molecule is O=C(Nc1cc(-c2nc3ccccc3s2)ccc1Cl)c1cc([N+](=O)[O-])ccc1N1CCOCC1. The summed E-state index contributed by atoms with van der Waals surface area (Å²) >= 11 is 7.94. The number of para-hydroxylation sites is 1. The van der Waals surface area contributed by atoms with Gasteiger partial charge in [0.1, 0.15) is 5.01 Å². The molecule has 0 saturated carbocycles. The van der Waals surface area contributed by atoms with Crippen molar-refractivity contribution in [3.63, 3.8) is 0 Å². The second kappa shape index (κ2) is 9.38. The van der Waals surface area contributed by atoms with Crippen LogP contribution in [0.2, 0.25) is 5.02 Å². The Hall–Kier alpha value is -3.53. The van der Waals surface area contributed by atoms with E-state index >= 15 is 0 Å². The van der Waals surface area contributed by atoms with Gasteiger partial charge in [0.05, 0.1) is 50.3 Å². The monoisotopic (exact) mass is 494 g/mol. The van der Waals surface area contributed by atoms with Gasteiger partial charge in [-0.15, -0.1) is 11.3 Å². The minimum Gasteiger partial charge on any atom is -0.378 e. The zero-order valence-corrected chi connectivity index (χ0v) is 19.4. The number of morpholine rings is 1. The van der Waals surface area contributed by atoms with Crippen molar-refractivity contribution in [3.8, 4) is 10.6 Å². The van der Waals surface area contributed by atoms with Crippen molar-refractivity contribution >= 4 is 56.1 Å². The van der Waals surface area contributed by atoms with E-state index in [1.54, 1.807) is 29.5 Å². The van der Waals surface area contributed by atoms with Crippen molar-refractivity contribution in [1.82, 2.24) is 4.98 Å². The number of nitrogens with zero attached hydrogens (tertiary/aromatic N) is 3. The summed E-state index contributed by atoms with van der Waals surface area (Å²) in [6.07, 6.45) is 0. The number of non-ortho nitro benzene ring substituents is 1. The first-order valence-electron chi connectivity index (χ1n) is 10.6. The molecule has 1 fully saturated rings. The molecule has 0 spiro atoms. The molecule has 0 bridgehead atoms. The van der Waals surface area contributed by atoms with Crippen molar-refractivity contribution in [2.45, 2.75) is 0 Å². The lowest BCUT2D eigenvalue weighted by Crippen LogP contribution is -2.37. The van der Waals surface area contributed by atoms with Crippen LogP contribution in [0.1, 0.15) is 10.4 Å². The largest absolute Gasteiger partial charge is 0.378 e. The maximum Gasteiger partial charge on any atom is 0.270 e. The molecule has 1 N–H and O–H groups in total. The molecule has 10 heteroatoms. The lowest BCUT2D eigenvalue weighted by atomic mass is 10.1. The number of thiazole rings is 1. The summed E-state index contributed by atoms with van der Waals surface area (Å²) in [4.78, 5) is 30.8. The van der Waals surface area contributed by atoms with E-state index in [1.807, 2.05) is 35.2 Å². The molecule has 3 aromatic carbocycles. The molecule has 4 aromatic rings. The fourth-order valence-corrected chi connectivity index (χ4v) is 4.97. The Labute approximate surface area is 203 Å². The van der Waals surface area contributed by atoms with Crippen molar-refractivity contribution in [1.29, 1.82) is 0 Å². The summed E-state index contributed by atoms with van der Waals surface area (Å²) in [6, 6.07) is 17.5. The van der Waals surface area contributed by atoms with Crippen molar-refractivity contribution < 1.29 is 14.5 Å². The number of nitro groups is 1. The maximum atomic E-state index is 13.3. The smallest absolute Gasteiger partial charge is 0.270 e. The van der Waals surface area contributed by atoms with Crippen LogP contribution in [0.5, 0.6) is 0 Å². The molecule has 8 nitrogen and oxygen atoms in total. The van der Waals surface area contributed by atoms with Crippen molar-refractivity contribution in [2.75, 3.05) is 36.5 Å². The summed E-state index contributed by atoms with van der Waals surface area (Å²) in [5, 5.41) is 15.4. The predicted octanol–water partition coefficient (Wildman–Crippen LogP) is 5.61. The number of anilines is 2. The number of amides is 1.